The van der Waals surface area contributed by atoms with E-state index in [1.54, 1.807) is 6.07 Å². The minimum atomic E-state index is -0.412. The summed E-state index contributed by atoms with van der Waals surface area (Å²) in [5.41, 5.74) is 6.82. The van der Waals surface area contributed by atoms with Gasteiger partial charge in [-0.05, 0) is 25.3 Å². The first-order valence-electron chi connectivity index (χ1n) is 5.28. The van der Waals surface area contributed by atoms with Crippen LogP contribution < -0.4 is 15.2 Å². The Morgan fingerprint density at radius 2 is 1.88 bits per heavy atom. The van der Waals surface area contributed by atoms with Crippen molar-refractivity contribution in [2.75, 3.05) is 14.2 Å². The van der Waals surface area contributed by atoms with Gasteiger partial charge in [0.2, 0.25) is 0 Å². The van der Waals surface area contributed by atoms with Crippen molar-refractivity contribution in [2.45, 2.75) is 24.8 Å². The second-order valence-corrected chi connectivity index (χ2v) is 4.31. The van der Waals surface area contributed by atoms with Crippen molar-refractivity contribution in [2.24, 2.45) is 5.73 Å². The maximum absolute atomic E-state index is 13.4. The Kier molecular flexibility index (Phi) is 2.76. The molecule has 0 spiro atoms. The van der Waals surface area contributed by atoms with E-state index in [9.17, 15) is 4.39 Å². The van der Waals surface area contributed by atoms with Gasteiger partial charge in [0.25, 0.3) is 0 Å². The van der Waals surface area contributed by atoms with E-state index in [2.05, 4.69) is 0 Å². The fraction of sp³-hybridized carbons (Fsp3) is 0.500. The summed E-state index contributed by atoms with van der Waals surface area (Å²) < 4.78 is 23.6. The number of nitrogens with two attached hydrogens (primary N) is 1. The first-order valence-corrected chi connectivity index (χ1v) is 5.28. The van der Waals surface area contributed by atoms with Gasteiger partial charge in [-0.2, -0.15) is 0 Å². The highest BCUT2D eigenvalue weighted by Crippen LogP contribution is 2.41. The van der Waals surface area contributed by atoms with Crippen molar-refractivity contribution >= 4 is 0 Å². The van der Waals surface area contributed by atoms with E-state index in [0.717, 1.165) is 18.4 Å². The molecule has 0 saturated heterocycles. The van der Waals surface area contributed by atoms with Crippen molar-refractivity contribution in [1.82, 2.24) is 0 Å². The number of benzene rings is 1. The Labute approximate surface area is 94.3 Å². The van der Waals surface area contributed by atoms with Crippen LogP contribution in [0.2, 0.25) is 0 Å². The minimum Gasteiger partial charge on any atom is -0.492 e. The van der Waals surface area contributed by atoms with E-state index in [1.807, 2.05) is 0 Å². The van der Waals surface area contributed by atoms with Crippen LogP contribution >= 0.6 is 0 Å². The number of ether oxygens (including phenoxy) is 2. The predicted octanol–water partition coefficient (Wildman–Crippen LogP) is 1.88. The lowest BCUT2D eigenvalue weighted by atomic mass is 10.0. The van der Waals surface area contributed by atoms with Gasteiger partial charge in [-0.15, -0.1) is 0 Å². The highest BCUT2D eigenvalue weighted by Gasteiger charge is 2.39. The van der Waals surface area contributed by atoms with Crippen molar-refractivity contribution in [1.29, 1.82) is 0 Å². The molecule has 1 saturated carbocycles. The summed E-state index contributed by atoms with van der Waals surface area (Å²) in [4.78, 5) is 0. The van der Waals surface area contributed by atoms with E-state index in [1.165, 1.54) is 20.3 Å². The number of hydrogen-bond donors (Lipinski definition) is 1. The SMILES string of the molecule is COc1c(F)ccc(CC2(N)CC2)c1OC. The molecule has 0 heterocycles. The molecule has 16 heavy (non-hydrogen) atoms. The summed E-state index contributed by atoms with van der Waals surface area (Å²) in [5.74, 6) is 0.202. The second-order valence-electron chi connectivity index (χ2n) is 4.31. The molecule has 0 unspecified atom stereocenters. The molecule has 0 atom stereocenters. The highest BCUT2D eigenvalue weighted by atomic mass is 19.1. The van der Waals surface area contributed by atoms with Gasteiger partial charge in [0.15, 0.2) is 17.3 Å². The summed E-state index contributed by atoms with van der Waals surface area (Å²) >= 11 is 0. The molecule has 0 radical (unpaired) electrons. The molecule has 88 valence electrons. The van der Waals surface area contributed by atoms with E-state index in [4.69, 9.17) is 15.2 Å². The van der Waals surface area contributed by atoms with Crippen LogP contribution in [0.1, 0.15) is 18.4 Å². The zero-order chi connectivity index (χ0) is 11.8. The summed E-state index contributed by atoms with van der Waals surface area (Å²) in [6, 6.07) is 3.10. The van der Waals surface area contributed by atoms with Gasteiger partial charge in [-0.1, -0.05) is 6.07 Å². The van der Waals surface area contributed by atoms with Crippen LogP contribution in [-0.2, 0) is 6.42 Å². The lowest BCUT2D eigenvalue weighted by Crippen LogP contribution is -2.24. The molecule has 0 amide bonds. The third-order valence-electron chi connectivity index (χ3n) is 2.99. The number of hydrogen-bond acceptors (Lipinski definition) is 3. The Morgan fingerprint density at radius 1 is 1.25 bits per heavy atom. The Bertz CT molecular complexity index is 402. The fourth-order valence-corrected chi connectivity index (χ4v) is 1.85. The molecular weight excluding hydrogens is 209 g/mol. The molecule has 2 N–H and O–H groups in total. The van der Waals surface area contributed by atoms with Crippen molar-refractivity contribution < 1.29 is 13.9 Å². The zero-order valence-electron chi connectivity index (χ0n) is 9.55. The largest absolute Gasteiger partial charge is 0.492 e. The first-order chi connectivity index (χ1) is 7.59. The standard InChI is InChI=1S/C12H16FNO2/c1-15-10-8(7-12(14)5-6-12)3-4-9(13)11(10)16-2/h3-4H,5-7,14H2,1-2H3. The first kappa shape index (κ1) is 11.2. The van der Waals surface area contributed by atoms with Crippen LogP contribution in [0.25, 0.3) is 0 Å². The number of halogens is 1. The Morgan fingerprint density at radius 3 is 2.38 bits per heavy atom. The van der Waals surface area contributed by atoms with E-state index in [0.29, 0.717) is 12.2 Å². The molecule has 1 aliphatic carbocycles. The molecule has 0 bridgehead atoms. The fourth-order valence-electron chi connectivity index (χ4n) is 1.85. The molecule has 2 rings (SSSR count). The number of methoxy groups -OCH3 is 2. The number of rotatable bonds is 4. The van der Waals surface area contributed by atoms with Gasteiger partial charge in [0.1, 0.15) is 0 Å². The van der Waals surface area contributed by atoms with Gasteiger partial charge in [-0.25, -0.2) is 4.39 Å². The second kappa shape index (κ2) is 3.94. The van der Waals surface area contributed by atoms with Crippen LogP contribution in [0.5, 0.6) is 11.5 Å². The molecule has 3 nitrogen and oxygen atoms in total. The highest BCUT2D eigenvalue weighted by molar-refractivity contribution is 5.48. The minimum absolute atomic E-state index is 0.129. The van der Waals surface area contributed by atoms with Crippen molar-refractivity contribution in [3.05, 3.63) is 23.5 Å². The Balaban J connectivity index is 2.36. The van der Waals surface area contributed by atoms with Crippen LogP contribution in [0.15, 0.2) is 12.1 Å². The molecule has 1 aromatic rings. The summed E-state index contributed by atoms with van der Waals surface area (Å²) in [6.07, 6.45) is 2.72. The van der Waals surface area contributed by atoms with Gasteiger partial charge in [0.05, 0.1) is 14.2 Å². The lowest BCUT2D eigenvalue weighted by Gasteiger charge is -2.15. The maximum Gasteiger partial charge on any atom is 0.197 e. The molecule has 4 heteroatoms. The van der Waals surface area contributed by atoms with E-state index >= 15 is 0 Å². The van der Waals surface area contributed by atoms with Crippen LogP contribution in [0.3, 0.4) is 0 Å². The molecule has 1 aliphatic rings. The average Bonchev–Trinajstić information content (AvgIpc) is 2.98. The van der Waals surface area contributed by atoms with Crippen LogP contribution in [-0.4, -0.2) is 19.8 Å². The Hall–Kier alpha value is -1.29. The average molecular weight is 225 g/mol. The normalized spacial score (nSPS) is 17.0. The molecule has 1 fully saturated rings. The third-order valence-corrected chi connectivity index (χ3v) is 2.99. The predicted molar refractivity (Wildman–Crippen MR) is 59.4 cm³/mol. The quantitative estimate of drug-likeness (QED) is 0.850. The van der Waals surface area contributed by atoms with Crippen molar-refractivity contribution in [3.63, 3.8) is 0 Å². The third kappa shape index (κ3) is 1.97. The van der Waals surface area contributed by atoms with Crippen LogP contribution in [0.4, 0.5) is 4.39 Å². The monoisotopic (exact) mass is 225 g/mol. The van der Waals surface area contributed by atoms with E-state index < -0.39 is 5.82 Å². The lowest BCUT2D eigenvalue weighted by molar-refractivity contribution is 0.333. The van der Waals surface area contributed by atoms with Gasteiger partial charge in [0, 0.05) is 11.1 Å². The zero-order valence-corrected chi connectivity index (χ0v) is 9.55. The molecule has 0 aliphatic heterocycles. The van der Waals surface area contributed by atoms with Gasteiger partial charge < -0.3 is 15.2 Å². The van der Waals surface area contributed by atoms with Crippen LogP contribution in [0, 0.1) is 5.82 Å². The molecule has 1 aromatic carbocycles. The summed E-state index contributed by atoms with van der Waals surface area (Å²) in [6.45, 7) is 0. The van der Waals surface area contributed by atoms with E-state index in [-0.39, 0.29) is 11.3 Å². The smallest absolute Gasteiger partial charge is 0.197 e. The summed E-state index contributed by atoms with van der Waals surface area (Å²) in [7, 11) is 2.94. The molecular formula is C12H16FNO2. The van der Waals surface area contributed by atoms with Crippen molar-refractivity contribution in [3.8, 4) is 11.5 Å². The molecule has 0 aromatic heterocycles. The van der Waals surface area contributed by atoms with Gasteiger partial charge in [-0.3, -0.25) is 0 Å². The van der Waals surface area contributed by atoms with Gasteiger partial charge >= 0.3 is 0 Å². The summed E-state index contributed by atoms with van der Waals surface area (Å²) in [5, 5.41) is 0. The maximum atomic E-state index is 13.4. The topological polar surface area (TPSA) is 44.5 Å².